The van der Waals surface area contributed by atoms with Gasteiger partial charge in [-0.2, -0.15) is 4.90 Å². The summed E-state index contributed by atoms with van der Waals surface area (Å²) >= 11 is 0. The number of benzene rings is 1. The fraction of sp³-hybridized carbons (Fsp3) is 0.314. The zero-order valence-electron chi connectivity index (χ0n) is 29.3. The number of anilines is 2. The number of hydrogen-bond donors (Lipinski definition) is 1. The maximum Gasteiger partial charge on any atom is 0.425 e. The van der Waals surface area contributed by atoms with Gasteiger partial charge in [-0.3, -0.25) is 0 Å². The Balaban J connectivity index is 1.68. The minimum atomic E-state index is -1.22. The molecular weight excluding hydrogens is 663 g/mol. The zero-order chi connectivity index (χ0) is 37.4. The SMILES string of the molecule is COC(=O)c1cc(-c2c(-c3ccccc3)nc(N)n3c(=O)n(Cc4ccc(F)c(N(C(=O)OC(C)(C)C)C(=O)OC(C)(C)C)n4)nc23)cc(C)n1. The number of carbonyl (C=O) groups is 3. The van der Waals surface area contributed by atoms with Crippen LogP contribution < -0.4 is 16.3 Å². The van der Waals surface area contributed by atoms with Gasteiger partial charge in [-0.1, -0.05) is 30.3 Å². The predicted molar refractivity (Wildman–Crippen MR) is 185 cm³/mol. The minimum absolute atomic E-state index is 0.0193. The number of nitrogen functional groups attached to an aromatic ring is 1. The first-order valence-electron chi connectivity index (χ1n) is 15.7. The highest BCUT2D eigenvalue weighted by atomic mass is 19.1. The number of nitrogens with two attached hydrogens (primary N) is 1. The van der Waals surface area contributed by atoms with Gasteiger partial charge in [0.15, 0.2) is 17.3 Å². The van der Waals surface area contributed by atoms with Gasteiger partial charge in [-0.15, -0.1) is 5.10 Å². The van der Waals surface area contributed by atoms with Crippen LogP contribution in [-0.4, -0.2) is 65.6 Å². The number of rotatable bonds is 6. The number of aryl methyl sites for hydroxylation is 1. The van der Waals surface area contributed by atoms with Crippen molar-refractivity contribution in [2.24, 2.45) is 0 Å². The van der Waals surface area contributed by atoms with Gasteiger partial charge in [0.25, 0.3) is 0 Å². The molecule has 0 aliphatic rings. The van der Waals surface area contributed by atoms with E-state index in [1.54, 1.807) is 78.8 Å². The molecule has 0 aliphatic carbocycles. The van der Waals surface area contributed by atoms with E-state index in [1.807, 2.05) is 6.07 Å². The van der Waals surface area contributed by atoms with Crippen LogP contribution in [0.5, 0.6) is 0 Å². The molecule has 5 rings (SSSR count). The van der Waals surface area contributed by atoms with Gasteiger partial charge < -0.3 is 19.9 Å². The smallest absolute Gasteiger partial charge is 0.425 e. The van der Waals surface area contributed by atoms with Crippen LogP contribution in [-0.2, 0) is 20.8 Å². The van der Waals surface area contributed by atoms with Crippen LogP contribution in [0.25, 0.3) is 28.0 Å². The molecule has 16 heteroatoms. The second kappa shape index (κ2) is 13.6. The van der Waals surface area contributed by atoms with E-state index in [0.29, 0.717) is 33.0 Å². The van der Waals surface area contributed by atoms with Crippen molar-refractivity contribution in [1.29, 1.82) is 0 Å². The highest BCUT2D eigenvalue weighted by molar-refractivity contribution is 6.08. The number of imide groups is 1. The third kappa shape index (κ3) is 7.84. The molecule has 0 saturated carbocycles. The molecule has 0 aliphatic heterocycles. The average molecular weight is 701 g/mol. The number of halogens is 1. The van der Waals surface area contributed by atoms with E-state index < -0.39 is 46.7 Å². The molecule has 2 N–H and O–H groups in total. The molecule has 5 aromatic rings. The summed E-state index contributed by atoms with van der Waals surface area (Å²) in [4.78, 5) is 66.3. The van der Waals surface area contributed by atoms with Crippen molar-refractivity contribution in [3.8, 4) is 22.4 Å². The number of hydrogen-bond acceptors (Lipinski definition) is 12. The van der Waals surface area contributed by atoms with Gasteiger partial charge in [0.1, 0.15) is 16.9 Å². The Kier molecular flexibility index (Phi) is 9.63. The first-order valence-corrected chi connectivity index (χ1v) is 15.7. The predicted octanol–water partition coefficient (Wildman–Crippen LogP) is 5.56. The minimum Gasteiger partial charge on any atom is -0.464 e. The van der Waals surface area contributed by atoms with Gasteiger partial charge >= 0.3 is 23.8 Å². The number of amides is 2. The van der Waals surface area contributed by atoms with E-state index in [1.165, 1.54) is 19.2 Å². The maximum atomic E-state index is 15.4. The zero-order valence-corrected chi connectivity index (χ0v) is 29.3. The summed E-state index contributed by atoms with van der Waals surface area (Å²) in [7, 11) is 1.24. The fourth-order valence-corrected chi connectivity index (χ4v) is 5.03. The van der Waals surface area contributed by atoms with E-state index in [9.17, 15) is 19.2 Å². The third-order valence-electron chi connectivity index (χ3n) is 7.00. The lowest BCUT2D eigenvalue weighted by molar-refractivity contribution is 0.0426. The summed E-state index contributed by atoms with van der Waals surface area (Å²) in [5, 5.41) is 4.60. The van der Waals surface area contributed by atoms with Crippen LogP contribution in [0.3, 0.4) is 0 Å². The van der Waals surface area contributed by atoms with Crippen molar-refractivity contribution in [1.82, 2.24) is 29.1 Å². The summed E-state index contributed by atoms with van der Waals surface area (Å²) in [6.07, 6.45) is -2.44. The van der Waals surface area contributed by atoms with E-state index in [-0.39, 0.29) is 29.5 Å². The number of ether oxygens (including phenoxy) is 3. The Morgan fingerprint density at radius 2 is 1.51 bits per heavy atom. The van der Waals surface area contributed by atoms with Crippen molar-refractivity contribution in [3.63, 3.8) is 0 Å². The van der Waals surface area contributed by atoms with Crippen LogP contribution >= 0.6 is 0 Å². The summed E-state index contributed by atoms with van der Waals surface area (Å²) in [5.41, 5.74) is 5.98. The van der Waals surface area contributed by atoms with Crippen molar-refractivity contribution < 1.29 is 33.0 Å². The molecule has 0 saturated heterocycles. The van der Waals surface area contributed by atoms with Gasteiger partial charge in [0.05, 0.1) is 30.6 Å². The largest absolute Gasteiger partial charge is 0.464 e. The number of pyridine rings is 2. The molecule has 1 aromatic carbocycles. The lowest BCUT2D eigenvalue weighted by Gasteiger charge is -2.28. The Hall–Kier alpha value is -6.19. The van der Waals surface area contributed by atoms with Crippen LogP contribution in [0.4, 0.5) is 25.7 Å². The number of fused-ring (bicyclic) bond motifs is 1. The molecule has 0 atom stereocenters. The quantitative estimate of drug-likeness (QED) is 0.172. The number of aromatic nitrogens is 6. The molecule has 266 valence electrons. The maximum absolute atomic E-state index is 15.4. The number of nitrogens with zero attached hydrogens (tertiary/aromatic N) is 7. The van der Waals surface area contributed by atoms with Crippen LogP contribution in [0, 0.1) is 12.7 Å². The second-order valence-electron chi connectivity index (χ2n) is 13.4. The summed E-state index contributed by atoms with van der Waals surface area (Å²) in [6.45, 7) is 10.8. The second-order valence-corrected chi connectivity index (χ2v) is 13.4. The Labute approximate surface area is 291 Å². The summed E-state index contributed by atoms with van der Waals surface area (Å²) in [5.74, 6) is -2.59. The number of esters is 1. The molecule has 0 fully saturated rings. The Morgan fingerprint density at radius 3 is 2.10 bits per heavy atom. The lowest BCUT2D eigenvalue weighted by Crippen LogP contribution is -2.44. The molecule has 0 radical (unpaired) electrons. The molecule has 2 amide bonds. The monoisotopic (exact) mass is 700 g/mol. The average Bonchev–Trinajstić information content (AvgIpc) is 3.36. The number of carbonyl (C=O) groups excluding carboxylic acids is 3. The highest BCUT2D eigenvalue weighted by Gasteiger charge is 2.36. The van der Waals surface area contributed by atoms with E-state index in [2.05, 4.69) is 20.1 Å². The normalized spacial score (nSPS) is 11.7. The first kappa shape index (κ1) is 36.1. The fourth-order valence-electron chi connectivity index (χ4n) is 5.03. The van der Waals surface area contributed by atoms with Gasteiger partial charge in [0.2, 0.25) is 5.95 Å². The van der Waals surface area contributed by atoms with Crippen LogP contribution in [0.2, 0.25) is 0 Å². The molecule has 0 spiro atoms. The van der Waals surface area contributed by atoms with Crippen molar-refractivity contribution in [2.75, 3.05) is 17.7 Å². The molecule has 0 bridgehead atoms. The Bertz CT molecular complexity index is 2190. The van der Waals surface area contributed by atoms with Gasteiger partial charge in [-0.05, 0) is 78.3 Å². The molecule has 0 unspecified atom stereocenters. The molecular formula is C35H37FN8O7. The summed E-state index contributed by atoms with van der Waals surface area (Å²) in [6, 6.07) is 14.5. The van der Waals surface area contributed by atoms with Crippen molar-refractivity contribution >= 4 is 35.6 Å². The van der Waals surface area contributed by atoms with Gasteiger partial charge in [-0.25, -0.2) is 47.6 Å². The van der Waals surface area contributed by atoms with E-state index >= 15 is 4.39 Å². The highest BCUT2D eigenvalue weighted by Crippen LogP contribution is 2.35. The standard InChI is InChI=1S/C35H37FN8O7/c1-19-16-21(17-24(38-19)29(45)49-8)25-26(20-12-10-9-11-13-20)40-30(37)43-28(25)41-42(31(43)46)18-22-14-15-23(36)27(39-22)44(32(47)50-34(2,3)4)33(48)51-35(5,6)7/h9-17H,18H2,1-8H3,(H2,37,40). The van der Waals surface area contributed by atoms with Gasteiger partial charge in [0, 0.05) is 11.3 Å². The van der Waals surface area contributed by atoms with Crippen LogP contribution in [0.1, 0.15) is 63.4 Å². The van der Waals surface area contributed by atoms with E-state index in [4.69, 9.17) is 19.9 Å². The van der Waals surface area contributed by atoms with E-state index in [0.717, 1.165) is 15.1 Å². The topological polar surface area (TPSA) is 186 Å². The lowest BCUT2D eigenvalue weighted by atomic mass is 9.99. The molecule has 15 nitrogen and oxygen atoms in total. The third-order valence-corrected chi connectivity index (χ3v) is 7.00. The first-order chi connectivity index (χ1) is 23.9. The van der Waals surface area contributed by atoms with Crippen LogP contribution in [0.15, 0.2) is 59.4 Å². The molecule has 4 aromatic heterocycles. The molecule has 4 heterocycles. The molecule has 51 heavy (non-hydrogen) atoms. The van der Waals surface area contributed by atoms with Crippen molar-refractivity contribution in [2.45, 2.75) is 66.2 Å². The van der Waals surface area contributed by atoms with Crippen molar-refractivity contribution in [3.05, 3.63) is 88.0 Å². The number of methoxy groups -OCH3 is 1. The summed E-state index contributed by atoms with van der Waals surface area (Å²) < 4.78 is 33.1. The Morgan fingerprint density at radius 1 is 0.882 bits per heavy atom.